The maximum Gasteiger partial charge on any atom is 0.338 e. The van der Waals surface area contributed by atoms with E-state index in [1.165, 1.54) is 0 Å². The minimum absolute atomic E-state index is 0.306. The predicted octanol–water partition coefficient (Wildman–Crippen LogP) is 0.890. The normalized spacial score (nSPS) is 16.1. The molecule has 2 rings (SSSR count). The van der Waals surface area contributed by atoms with Crippen LogP contribution >= 0.6 is 0 Å². The number of hydrogen-bond acceptors (Lipinski definition) is 3. The van der Waals surface area contributed by atoms with Gasteiger partial charge < -0.3 is 0 Å². The number of halogens is 2. The molecule has 0 atom stereocenters. The van der Waals surface area contributed by atoms with E-state index in [1.807, 2.05) is 0 Å². The summed E-state index contributed by atoms with van der Waals surface area (Å²) in [5.74, 6) is -4.07. The Hall–Kier alpha value is -2.31. The van der Waals surface area contributed by atoms with Crippen molar-refractivity contribution in [2.45, 2.75) is 0 Å². The lowest BCUT2D eigenvalue weighted by Crippen LogP contribution is -2.32. The van der Waals surface area contributed by atoms with E-state index in [2.05, 4.69) is 0 Å². The van der Waals surface area contributed by atoms with Crippen molar-refractivity contribution in [3.63, 3.8) is 0 Å². The van der Waals surface area contributed by atoms with Gasteiger partial charge in [0.05, 0.1) is 5.69 Å². The molecule has 4 amide bonds. The van der Waals surface area contributed by atoms with Gasteiger partial charge in [0.1, 0.15) is 11.6 Å². The molecule has 0 spiro atoms. The third-order valence-corrected chi connectivity index (χ3v) is 2.32. The molecule has 1 heterocycles. The van der Waals surface area contributed by atoms with Crippen LogP contribution in [0.4, 0.5) is 19.3 Å². The maximum atomic E-state index is 13.4. The number of nitrogens with zero attached hydrogens (tertiary/aromatic N) is 2. The molecule has 0 bridgehead atoms. The second-order valence-corrected chi connectivity index (χ2v) is 3.38. The number of rotatable bonds is 1. The lowest BCUT2D eigenvalue weighted by Gasteiger charge is -2.13. The molecule has 5 nitrogen and oxygen atoms in total. The summed E-state index contributed by atoms with van der Waals surface area (Å²) in [5.41, 5.74) is -0.572. The van der Waals surface area contributed by atoms with Gasteiger partial charge in [-0.1, -0.05) is 0 Å². The zero-order valence-corrected chi connectivity index (χ0v) is 8.61. The van der Waals surface area contributed by atoms with Crippen LogP contribution < -0.4 is 4.90 Å². The Morgan fingerprint density at radius 2 is 1.71 bits per heavy atom. The number of carbonyl (C=O) groups excluding carboxylic acids is 3. The number of anilines is 1. The molecular formula is C10H6F2N2O3. The molecule has 0 radical (unpaired) electrons. The number of likely N-dealkylation sites (N-methyl/N-ethyl adjacent to an activating group) is 1. The lowest BCUT2D eigenvalue weighted by atomic mass is 10.2. The summed E-state index contributed by atoms with van der Waals surface area (Å²) in [6.45, 7) is 0. The van der Waals surface area contributed by atoms with Gasteiger partial charge in [-0.2, -0.15) is 0 Å². The molecule has 1 aromatic rings. The largest absolute Gasteiger partial charge is 0.338 e. The van der Waals surface area contributed by atoms with Crippen molar-refractivity contribution in [3.8, 4) is 0 Å². The van der Waals surface area contributed by atoms with Crippen molar-refractivity contribution in [1.82, 2.24) is 4.90 Å². The Labute approximate surface area is 94.2 Å². The number of amides is 4. The average Bonchev–Trinajstić information content (AvgIpc) is 2.48. The van der Waals surface area contributed by atoms with Gasteiger partial charge >= 0.3 is 17.8 Å². The highest BCUT2D eigenvalue weighted by atomic mass is 19.1. The molecule has 1 aliphatic rings. The Kier molecular flexibility index (Phi) is 2.38. The maximum absolute atomic E-state index is 13.4. The first-order valence-corrected chi connectivity index (χ1v) is 4.54. The first kappa shape index (κ1) is 11.2. The Morgan fingerprint density at radius 1 is 1.06 bits per heavy atom. The van der Waals surface area contributed by atoms with Gasteiger partial charge in [0.25, 0.3) is 0 Å². The Morgan fingerprint density at radius 3 is 2.24 bits per heavy atom. The van der Waals surface area contributed by atoms with Gasteiger partial charge in [0, 0.05) is 13.1 Å². The van der Waals surface area contributed by atoms with Gasteiger partial charge in [-0.3, -0.25) is 14.5 Å². The second-order valence-electron chi connectivity index (χ2n) is 3.38. The fourth-order valence-electron chi connectivity index (χ4n) is 1.43. The molecule has 17 heavy (non-hydrogen) atoms. The molecule has 88 valence electrons. The molecule has 1 aromatic carbocycles. The monoisotopic (exact) mass is 240 g/mol. The van der Waals surface area contributed by atoms with Crippen LogP contribution in [0.2, 0.25) is 0 Å². The van der Waals surface area contributed by atoms with E-state index in [-0.39, 0.29) is 0 Å². The van der Waals surface area contributed by atoms with Crippen LogP contribution in [-0.2, 0) is 9.59 Å². The van der Waals surface area contributed by atoms with E-state index >= 15 is 0 Å². The number of carbonyl (C=O) groups is 3. The van der Waals surface area contributed by atoms with Crippen LogP contribution in [-0.4, -0.2) is 29.8 Å². The average molecular weight is 240 g/mol. The van der Waals surface area contributed by atoms with Crippen molar-refractivity contribution in [3.05, 3.63) is 29.8 Å². The van der Waals surface area contributed by atoms with Crippen LogP contribution in [0.3, 0.4) is 0 Å². The summed E-state index contributed by atoms with van der Waals surface area (Å²) < 4.78 is 26.3. The molecule has 1 fully saturated rings. The molecule has 1 saturated heterocycles. The zero-order chi connectivity index (χ0) is 12.7. The fourth-order valence-corrected chi connectivity index (χ4v) is 1.43. The molecular weight excluding hydrogens is 234 g/mol. The number of hydrogen-bond donors (Lipinski definition) is 0. The van der Waals surface area contributed by atoms with Gasteiger partial charge in [0.15, 0.2) is 0 Å². The van der Waals surface area contributed by atoms with Crippen LogP contribution in [0, 0.1) is 11.6 Å². The molecule has 1 aliphatic heterocycles. The van der Waals surface area contributed by atoms with Crippen molar-refractivity contribution < 1.29 is 23.2 Å². The Balaban J connectivity index is 2.54. The number of urea groups is 1. The minimum Gasteiger partial charge on any atom is -0.263 e. The first-order chi connectivity index (χ1) is 7.93. The van der Waals surface area contributed by atoms with Crippen LogP contribution in [0.5, 0.6) is 0 Å². The van der Waals surface area contributed by atoms with Crippen molar-refractivity contribution in [2.75, 3.05) is 11.9 Å². The summed E-state index contributed by atoms with van der Waals surface area (Å²) in [4.78, 5) is 35.0. The lowest BCUT2D eigenvalue weighted by molar-refractivity contribution is -0.138. The Bertz CT molecular complexity index is 544. The van der Waals surface area contributed by atoms with Crippen molar-refractivity contribution in [2.24, 2.45) is 0 Å². The first-order valence-electron chi connectivity index (χ1n) is 4.54. The van der Waals surface area contributed by atoms with Gasteiger partial charge in [-0.05, 0) is 12.1 Å². The van der Waals surface area contributed by atoms with Crippen LogP contribution in [0.1, 0.15) is 0 Å². The van der Waals surface area contributed by atoms with E-state index in [1.54, 1.807) is 0 Å². The fraction of sp³-hybridized carbons (Fsp3) is 0.100. The highest BCUT2D eigenvalue weighted by Gasteiger charge is 2.44. The molecule has 7 heteroatoms. The summed E-state index contributed by atoms with van der Waals surface area (Å²) in [7, 11) is 1.08. The summed E-state index contributed by atoms with van der Waals surface area (Å²) in [5, 5.41) is 0. The topological polar surface area (TPSA) is 57.7 Å². The number of imide groups is 2. The molecule has 0 unspecified atom stereocenters. The predicted molar refractivity (Wildman–Crippen MR) is 52.0 cm³/mol. The van der Waals surface area contributed by atoms with Gasteiger partial charge in [-0.15, -0.1) is 0 Å². The molecule has 0 saturated carbocycles. The van der Waals surface area contributed by atoms with Gasteiger partial charge in [0.2, 0.25) is 0 Å². The second kappa shape index (κ2) is 3.62. The third-order valence-electron chi connectivity index (χ3n) is 2.32. The van der Waals surface area contributed by atoms with E-state index in [0.717, 1.165) is 19.2 Å². The molecule has 0 aliphatic carbocycles. The minimum atomic E-state index is -1.21. The van der Waals surface area contributed by atoms with E-state index in [0.29, 0.717) is 15.9 Å². The van der Waals surface area contributed by atoms with Gasteiger partial charge in [-0.25, -0.2) is 18.5 Å². The van der Waals surface area contributed by atoms with Crippen LogP contribution in [0.25, 0.3) is 0 Å². The number of benzene rings is 1. The van der Waals surface area contributed by atoms with Crippen molar-refractivity contribution >= 4 is 23.5 Å². The highest BCUT2D eigenvalue weighted by molar-refractivity contribution is 6.52. The molecule has 0 aromatic heterocycles. The van der Waals surface area contributed by atoms with E-state index < -0.39 is 35.2 Å². The van der Waals surface area contributed by atoms with Crippen LogP contribution in [0.15, 0.2) is 18.2 Å². The van der Waals surface area contributed by atoms with Crippen molar-refractivity contribution in [1.29, 1.82) is 0 Å². The quantitative estimate of drug-likeness (QED) is 0.541. The van der Waals surface area contributed by atoms with E-state index in [9.17, 15) is 23.2 Å². The highest BCUT2D eigenvalue weighted by Crippen LogP contribution is 2.25. The summed E-state index contributed by atoms with van der Waals surface area (Å²) >= 11 is 0. The van der Waals surface area contributed by atoms with E-state index in [4.69, 9.17) is 0 Å². The third kappa shape index (κ3) is 1.55. The summed E-state index contributed by atoms with van der Waals surface area (Å²) in [6.07, 6.45) is 0. The molecule has 0 N–H and O–H groups in total. The smallest absolute Gasteiger partial charge is 0.263 e. The standard InChI is InChI=1S/C10H6F2N2O3/c1-13-8(15)9(16)14(10(13)17)7-4-5(11)2-3-6(7)12/h2-4H,1H3. The SMILES string of the molecule is CN1C(=O)C(=O)N(c2cc(F)ccc2F)C1=O. The summed E-state index contributed by atoms with van der Waals surface area (Å²) in [6, 6.07) is 1.28. The zero-order valence-electron chi connectivity index (χ0n) is 8.61.